The van der Waals surface area contributed by atoms with Gasteiger partial charge in [-0.25, -0.2) is 5.01 Å². The van der Waals surface area contributed by atoms with Gasteiger partial charge in [-0.2, -0.15) is 5.26 Å². The van der Waals surface area contributed by atoms with E-state index in [0.29, 0.717) is 35.6 Å². The fourth-order valence-corrected chi connectivity index (χ4v) is 4.75. The van der Waals surface area contributed by atoms with E-state index in [1.165, 1.54) is 0 Å². The molecule has 6 nitrogen and oxygen atoms in total. The number of hydrazine groups is 1. The van der Waals surface area contributed by atoms with Crippen LogP contribution in [0.3, 0.4) is 0 Å². The predicted octanol–water partition coefficient (Wildman–Crippen LogP) is 3.67. The molecule has 0 saturated heterocycles. The Morgan fingerprint density at radius 1 is 1.10 bits per heavy atom. The zero-order valence-electron chi connectivity index (χ0n) is 18.0. The Morgan fingerprint density at radius 3 is 2.42 bits per heavy atom. The lowest BCUT2D eigenvalue weighted by Crippen LogP contribution is -2.46. The highest BCUT2D eigenvalue weighted by Crippen LogP contribution is 2.49. The molecular weight excluding hydrogens is 388 g/mol. The number of methoxy groups -OCH3 is 1. The molecule has 0 fully saturated rings. The van der Waals surface area contributed by atoms with Crippen molar-refractivity contribution >= 4 is 5.78 Å². The van der Waals surface area contributed by atoms with Crippen LogP contribution in [-0.2, 0) is 4.79 Å². The number of carbonyl (C=O) groups excluding carboxylic acids is 1. The highest BCUT2D eigenvalue weighted by atomic mass is 16.5. The lowest BCUT2D eigenvalue weighted by Gasteiger charge is -2.44. The van der Waals surface area contributed by atoms with Crippen molar-refractivity contribution in [2.24, 2.45) is 5.73 Å². The van der Waals surface area contributed by atoms with Crippen molar-refractivity contribution in [1.82, 2.24) is 10.0 Å². The highest BCUT2D eigenvalue weighted by molar-refractivity contribution is 6.00. The van der Waals surface area contributed by atoms with E-state index in [2.05, 4.69) is 18.2 Å². The van der Waals surface area contributed by atoms with Crippen LogP contribution in [0.1, 0.15) is 35.8 Å². The second-order valence-electron chi connectivity index (χ2n) is 8.04. The second kappa shape index (κ2) is 8.29. The Morgan fingerprint density at radius 2 is 1.77 bits per heavy atom. The molecule has 4 rings (SSSR count). The maximum atomic E-state index is 13.6. The van der Waals surface area contributed by atoms with Gasteiger partial charge in [0.15, 0.2) is 5.78 Å². The molecule has 2 aromatic rings. The van der Waals surface area contributed by atoms with Crippen molar-refractivity contribution in [3.63, 3.8) is 0 Å². The van der Waals surface area contributed by atoms with Gasteiger partial charge in [0.25, 0.3) is 0 Å². The number of allylic oxidation sites excluding steroid dienone is 3. The summed E-state index contributed by atoms with van der Waals surface area (Å²) in [6.45, 7) is 0. The van der Waals surface area contributed by atoms with E-state index >= 15 is 0 Å². The molecule has 1 aliphatic heterocycles. The van der Waals surface area contributed by atoms with Gasteiger partial charge in [-0.15, -0.1) is 0 Å². The fraction of sp³-hybridized carbons (Fsp3) is 0.280. The normalized spacial score (nSPS) is 21.3. The van der Waals surface area contributed by atoms with Gasteiger partial charge in [0.2, 0.25) is 0 Å². The SMILES string of the molecule is COc1ccccc1[C@H]1C(C#N)=C(N)N(N(C)C)C2=C1C(=O)C[C@@H](c1ccccc1)C2. The van der Waals surface area contributed by atoms with Crippen LogP contribution in [0.5, 0.6) is 5.75 Å². The van der Waals surface area contributed by atoms with Gasteiger partial charge in [0.1, 0.15) is 11.6 Å². The topological polar surface area (TPSA) is 82.6 Å². The quantitative estimate of drug-likeness (QED) is 0.822. The first kappa shape index (κ1) is 20.7. The van der Waals surface area contributed by atoms with E-state index in [1.807, 2.05) is 66.6 Å². The maximum Gasteiger partial charge on any atom is 0.162 e. The molecule has 1 heterocycles. The van der Waals surface area contributed by atoms with E-state index in [0.717, 1.165) is 16.8 Å². The summed E-state index contributed by atoms with van der Waals surface area (Å²) >= 11 is 0. The molecule has 31 heavy (non-hydrogen) atoms. The minimum Gasteiger partial charge on any atom is -0.496 e. The molecule has 2 aliphatic rings. The highest BCUT2D eigenvalue weighted by Gasteiger charge is 2.43. The number of hydrogen-bond acceptors (Lipinski definition) is 6. The molecule has 0 amide bonds. The second-order valence-corrected chi connectivity index (χ2v) is 8.04. The molecule has 6 heteroatoms. The lowest BCUT2D eigenvalue weighted by molar-refractivity contribution is -0.117. The Balaban J connectivity index is 1.92. The number of nitriles is 1. The summed E-state index contributed by atoms with van der Waals surface area (Å²) in [5.74, 6) is 0.541. The number of Topliss-reactive ketones (excluding diaryl/α,β-unsaturated/α-hetero) is 1. The summed E-state index contributed by atoms with van der Waals surface area (Å²) in [4.78, 5) is 13.6. The number of nitrogens with two attached hydrogens (primary N) is 1. The molecule has 158 valence electrons. The van der Waals surface area contributed by atoms with E-state index in [9.17, 15) is 10.1 Å². The van der Waals surface area contributed by atoms with E-state index in [4.69, 9.17) is 10.5 Å². The fourth-order valence-electron chi connectivity index (χ4n) is 4.75. The predicted molar refractivity (Wildman–Crippen MR) is 119 cm³/mol. The van der Waals surface area contributed by atoms with Crippen LogP contribution >= 0.6 is 0 Å². The van der Waals surface area contributed by atoms with Crippen LogP contribution in [0, 0.1) is 11.3 Å². The average Bonchev–Trinajstić information content (AvgIpc) is 2.78. The molecule has 0 radical (unpaired) electrons. The number of rotatable bonds is 4. The maximum absolute atomic E-state index is 13.6. The van der Waals surface area contributed by atoms with Crippen molar-refractivity contribution in [3.05, 3.63) is 88.4 Å². The Kier molecular flexibility index (Phi) is 5.53. The number of ether oxygens (including phenoxy) is 1. The van der Waals surface area contributed by atoms with E-state index < -0.39 is 5.92 Å². The van der Waals surface area contributed by atoms with Crippen LogP contribution in [-0.4, -0.2) is 37.0 Å². The van der Waals surface area contributed by atoms with Crippen LogP contribution < -0.4 is 10.5 Å². The van der Waals surface area contributed by atoms with Gasteiger partial charge in [-0.1, -0.05) is 48.5 Å². The third-order valence-electron chi connectivity index (χ3n) is 6.06. The van der Waals surface area contributed by atoms with Gasteiger partial charge in [-0.3, -0.25) is 9.80 Å². The van der Waals surface area contributed by atoms with Gasteiger partial charge in [0.05, 0.1) is 24.7 Å². The van der Waals surface area contributed by atoms with E-state index in [1.54, 1.807) is 7.11 Å². The molecule has 0 spiro atoms. The lowest BCUT2D eigenvalue weighted by atomic mass is 9.72. The van der Waals surface area contributed by atoms with Crippen molar-refractivity contribution in [1.29, 1.82) is 5.26 Å². The van der Waals surface area contributed by atoms with Gasteiger partial charge in [0, 0.05) is 37.3 Å². The third-order valence-corrected chi connectivity index (χ3v) is 6.06. The van der Waals surface area contributed by atoms with Gasteiger partial charge < -0.3 is 10.5 Å². The standard InChI is InChI=1S/C25H26N4O2/c1-28(2)29-20-13-17(16-9-5-4-6-10-16)14-21(30)24(20)23(19(15-26)25(29)27)18-11-7-8-12-22(18)31-3/h4-12,17,23H,13-14,27H2,1-3H3/t17-,23-/m0/s1. The Hall–Kier alpha value is -3.56. The number of hydrogen-bond donors (Lipinski definition) is 1. The minimum atomic E-state index is -0.545. The minimum absolute atomic E-state index is 0.0399. The van der Waals surface area contributed by atoms with Crippen LogP contribution in [0.25, 0.3) is 0 Å². The zero-order valence-corrected chi connectivity index (χ0v) is 18.0. The summed E-state index contributed by atoms with van der Waals surface area (Å²) in [7, 11) is 5.33. The Bertz CT molecular complexity index is 1110. The molecular formula is C25H26N4O2. The van der Waals surface area contributed by atoms with Crippen molar-refractivity contribution < 1.29 is 9.53 Å². The van der Waals surface area contributed by atoms with Crippen molar-refractivity contribution in [3.8, 4) is 11.8 Å². The zero-order chi connectivity index (χ0) is 22.1. The first-order chi connectivity index (χ1) is 15.0. The molecule has 0 bridgehead atoms. The van der Waals surface area contributed by atoms with E-state index in [-0.39, 0.29) is 11.7 Å². The van der Waals surface area contributed by atoms with Crippen molar-refractivity contribution in [2.45, 2.75) is 24.7 Å². The molecule has 0 saturated carbocycles. The molecule has 0 unspecified atom stereocenters. The third kappa shape index (κ3) is 3.47. The molecule has 2 atom stereocenters. The number of benzene rings is 2. The van der Waals surface area contributed by atoms with Crippen LogP contribution in [0.2, 0.25) is 0 Å². The van der Waals surface area contributed by atoms with Gasteiger partial charge in [-0.05, 0) is 24.0 Å². The van der Waals surface area contributed by atoms with Crippen LogP contribution in [0.4, 0.5) is 0 Å². The number of para-hydroxylation sites is 1. The summed E-state index contributed by atoms with van der Waals surface area (Å²) in [6.07, 6.45) is 1.06. The van der Waals surface area contributed by atoms with Gasteiger partial charge >= 0.3 is 0 Å². The molecule has 1 aliphatic carbocycles. The average molecular weight is 415 g/mol. The molecule has 0 aromatic heterocycles. The summed E-state index contributed by atoms with van der Waals surface area (Å²) in [5.41, 5.74) is 10.3. The Labute approximate surface area is 182 Å². The summed E-state index contributed by atoms with van der Waals surface area (Å²) in [6, 6.07) is 19.9. The number of nitrogens with zero attached hydrogens (tertiary/aromatic N) is 3. The molecule has 2 aromatic carbocycles. The number of carbonyl (C=O) groups is 1. The first-order valence-corrected chi connectivity index (χ1v) is 10.3. The first-order valence-electron chi connectivity index (χ1n) is 10.3. The smallest absolute Gasteiger partial charge is 0.162 e. The molecule has 2 N–H and O–H groups in total. The largest absolute Gasteiger partial charge is 0.496 e. The van der Waals surface area contributed by atoms with Crippen molar-refractivity contribution in [2.75, 3.05) is 21.2 Å². The summed E-state index contributed by atoms with van der Waals surface area (Å²) < 4.78 is 5.58. The monoisotopic (exact) mass is 414 g/mol. The summed E-state index contributed by atoms with van der Waals surface area (Å²) in [5, 5.41) is 13.7. The number of ketones is 1. The van der Waals surface area contributed by atoms with Crippen LogP contribution in [0.15, 0.2) is 77.3 Å².